The summed E-state index contributed by atoms with van der Waals surface area (Å²) in [5.41, 5.74) is 1.87. The van der Waals surface area contributed by atoms with Gasteiger partial charge in [-0.2, -0.15) is 4.98 Å². The highest BCUT2D eigenvalue weighted by molar-refractivity contribution is 5.79. The zero-order valence-electron chi connectivity index (χ0n) is 15.6. The highest BCUT2D eigenvalue weighted by Crippen LogP contribution is 2.19. The number of benzene rings is 1. The van der Waals surface area contributed by atoms with Gasteiger partial charge in [0.1, 0.15) is 17.7 Å². The van der Waals surface area contributed by atoms with E-state index in [2.05, 4.69) is 9.97 Å². The van der Waals surface area contributed by atoms with Crippen LogP contribution in [0.3, 0.4) is 0 Å². The number of likely N-dealkylation sites (tertiary alicyclic amines) is 1. The fourth-order valence-corrected chi connectivity index (χ4v) is 3.20. The van der Waals surface area contributed by atoms with Crippen LogP contribution in [0.25, 0.3) is 0 Å². The lowest BCUT2D eigenvalue weighted by atomic mass is 10.1. The van der Waals surface area contributed by atoms with Crippen LogP contribution in [0.4, 0.5) is 0 Å². The Labute approximate surface area is 154 Å². The minimum absolute atomic E-state index is 0.0303. The molecular formula is C20H25N3O3. The van der Waals surface area contributed by atoms with E-state index in [-0.39, 0.29) is 12.0 Å². The Kier molecular flexibility index (Phi) is 5.71. The van der Waals surface area contributed by atoms with Crippen molar-refractivity contribution in [3.05, 3.63) is 47.4 Å². The first-order chi connectivity index (χ1) is 12.5. The summed E-state index contributed by atoms with van der Waals surface area (Å²) in [4.78, 5) is 23.1. The largest absolute Gasteiger partial charge is 0.497 e. The van der Waals surface area contributed by atoms with Crippen molar-refractivity contribution in [1.82, 2.24) is 14.9 Å². The zero-order chi connectivity index (χ0) is 18.5. The minimum atomic E-state index is -0.0303. The molecule has 1 amide bonds. The number of carbonyl (C=O) groups excluding carboxylic acids is 1. The summed E-state index contributed by atoms with van der Waals surface area (Å²) in [6.07, 6.45) is 2.22. The van der Waals surface area contributed by atoms with Gasteiger partial charge in [-0.1, -0.05) is 12.1 Å². The van der Waals surface area contributed by atoms with Crippen molar-refractivity contribution >= 4 is 5.91 Å². The van der Waals surface area contributed by atoms with Gasteiger partial charge in [0.25, 0.3) is 0 Å². The van der Waals surface area contributed by atoms with Gasteiger partial charge in [-0.3, -0.25) is 4.79 Å². The molecule has 6 heteroatoms. The maximum absolute atomic E-state index is 12.6. The third kappa shape index (κ3) is 4.71. The molecule has 1 aromatic carbocycles. The normalized spacial score (nSPS) is 17.0. The second-order valence-corrected chi connectivity index (χ2v) is 6.64. The molecular weight excluding hydrogens is 330 g/mol. The highest BCUT2D eigenvalue weighted by Gasteiger charge is 2.25. The van der Waals surface area contributed by atoms with Gasteiger partial charge in [-0.25, -0.2) is 4.98 Å². The molecule has 0 aliphatic carbocycles. The van der Waals surface area contributed by atoms with Gasteiger partial charge in [0.15, 0.2) is 0 Å². The molecule has 1 aliphatic rings. The number of aromatic nitrogens is 2. The molecule has 3 rings (SSSR count). The first-order valence-electron chi connectivity index (χ1n) is 8.93. The molecule has 2 aromatic rings. The van der Waals surface area contributed by atoms with Crippen LogP contribution in [-0.2, 0) is 11.2 Å². The SMILES string of the molecule is COc1ccc(CC(=O)N2CCCC(Oc3cc(C)nc(C)n3)C2)cc1. The van der Waals surface area contributed by atoms with Crippen LogP contribution in [0.15, 0.2) is 30.3 Å². The fraction of sp³-hybridized carbons (Fsp3) is 0.450. The standard InChI is InChI=1S/C20H25N3O3/c1-14-11-19(22-15(2)21-14)26-18-5-4-10-23(13-18)20(24)12-16-6-8-17(25-3)9-7-16/h6-9,11,18H,4-5,10,12-13H2,1-3H3. The van der Waals surface area contributed by atoms with Crippen LogP contribution in [0.1, 0.15) is 29.9 Å². The van der Waals surface area contributed by atoms with E-state index >= 15 is 0 Å². The molecule has 2 heterocycles. The Morgan fingerprint density at radius 1 is 1.23 bits per heavy atom. The highest BCUT2D eigenvalue weighted by atomic mass is 16.5. The predicted molar refractivity (Wildman–Crippen MR) is 98.4 cm³/mol. The second-order valence-electron chi connectivity index (χ2n) is 6.64. The van der Waals surface area contributed by atoms with Crippen molar-refractivity contribution < 1.29 is 14.3 Å². The Bertz CT molecular complexity index is 741. The molecule has 138 valence electrons. The molecule has 0 saturated carbocycles. The van der Waals surface area contributed by atoms with Crippen LogP contribution >= 0.6 is 0 Å². The number of amides is 1. The summed E-state index contributed by atoms with van der Waals surface area (Å²) in [6, 6.07) is 9.46. The fourth-order valence-electron chi connectivity index (χ4n) is 3.20. The predicted octanol–water partition coefficient (Wildman–Crippen LogP) is 2.71. The zero-order valence-corrected chi connectivity index (χ0v) is 15.6. The summed E-state index contributed by atoms with van der Waals surface area (Å²) in [5, 5.41) is 0. The molecule has 0 N–H and O–H groups in total. The van der Waals surface area contributed by atoms with Gasteiger partial charge in [-0.05, 0) is 44.4 Å². The molecule has 1 atom stereocenters. The third-order valence-electron chi connectivity index (χ3n) is 4.48. The summed E-state index contributed by atoms with van der Waals surface area (Å²) >= 11 is 0. The molecule has 0 radical (unpaired) electrons. The smallest absolute Gasteiger partial charge is 0.227 e. The van der Waals surface area contributed by atoms with Gasteiger partial charge in [-0.15, -0.1) is 0 Å². The molecule has 1 fully saturated rings. The quantitative estimate of drug-likeness (QED) is 0.825. The van der Waals surface area contributed by atoms with Gasteiger partial charge < -0.3 is 14.4 Å². The number of ether oxygens (including phenoxy) is 2. The Balaban J connectivity index is 1.59. The molecule has 26 heavy (non-hydrogen) atoms. The van der Waals surface area contributed by atoms with E-state index < -0.39 is 0 Å². The van der Waals surface area contributed by atoms with E-state index in [1.807, 2.05) is 49.1 Å². The minimum Gasteiger partial charge on any atom is -0.497 e. The maximum Gasteiger partial charge on any atom is 0.227 e. The van der Waals surface area contributed by atoms with E-state index in [1.54, 1.807) is 7.11 Å². The van der Waals surface area contributed by atoms with Gasteiger partial charge >= 0.3 is 0 Å². The van der Waals surface area contributed by atoms with Crippen molar-refractivity contribution in [2.45, 2.75) is 39.2 Å². The van der Waals surface area contributed by atoms with E-state index in [1.165, 1.54) is 0 Å². The van der Waals surface area contributed by atoms with Crippen LogP contribution in [0.5, 0.6) is 11.6 Å². The Morgan fingerprint density at radius 3 is 2.69 bits per heavy atom. The average molecular weight is 355 g/mol. The molecule has 0 spiro atoms. The number of nitrogens with zero attached hydrogens (tertiary/aromatic N) is 3. The number of rotatable bonds is 5. The van der Waals surface area contributed by atoms with Crippen LogP contribution < -0.4 is 9.47 Å². The number of methoxy groups -OCH3 is 1. The maximum atomic E-state index is 12.6. The molecule has 1 unspecified atom stereocenters. The second kappa shape index (κ2) is 8.17. The topological polar surface area (TPSA) is 64.5 Å². The summed E-state index contributed by atoms with van der Waals surface area (Å²) < 4.78 is 11.2. The molecule has 1 aromatic heterocycles. The summed E-state index contributed by atoms with van der Waals surface area (Å²) in [6.45, 7) is 5.15. The van der Waals surface area contributed by atoms with Crippen molar-refractivity contribution in [3.8, 4) is 11.6 Å². The van der Waals surface area contributed by atoms with Crippen molar-refractivity contribution in [3.63, 3.8) is 0 Å². The van der Waals surface area contributed by atoms with Gasteiger partial charge in [0.2, 0.25) is 11.8 Å². The Hall–Kier alpha value is -2.63. The number of piperidine rings is 1. The van der Waals surface area contributed by atoms with E-state index in [0.717, 1.165) is 36.4 Å². The number of aryl methyl sites for hydroxylation is 2. The lowest BCUT2D eigenvalue weighted by molar-refractivity contribution is -0.133. The Morgan fingerprint density at radius 2 is 2.00 bits per heavy atom. The number of hydrogen-bond donors (Lipinski definition) is 0. The van der Waals surface area contributed by atoms with Crippen LogP contribution in [-0.4, -0.2) is 47.1 Å². The average Bonchev–Trinajstić information content (AvgIpc) is 2.61. The lowest BCUT2D eigenvalue weighted by Gasteiger charge is -2.32. The first-order valence-corrected chi connectivity index (χ1v) is 8.93. The summed E-state index contributed by atoms with van der Waals surface area (Å²) in [7, 11) is 1.63. The number of carbonyl (C=O) groups is 1. The number of hydrogen-bond acceptors (Lipinski definition) is 5. The van der Waals surface area contributed by atoms with Gasteiger partial charge in [0.05, 0.1) is 20.1 Å². The van der Waals surface area contributed by atoms with E-state index in [9.17, 15) is 4.79 Å². The van der Waals surface area contributed by atoms with Crippen molar-refractivity contribution in [2.75, 3.05) is 20.2 Å². The van der Waals surface area contributed by atoms with E-state index in [0.29, 0.717) is 24.7 Å². The van der Waals surface area contributed by atoms with Crippen molar-refractivity contribution in [2.24, 2.45) is 0 Å². The molecule has 0 bridgehead atoms. The van der Waals surface area contributed by atoms with Crippen molar-refractivity contribution in [1.29, 1.82) is 0 Å². The molecule has 6 nitrogen and oxygen atoms in total. The van der Waals surface area contributed by atoms with Crippen LogP contribution in [0.2, 0.25) is 0 Å². The van der Waals surface area contributed by atoms with E-state index in [4.69, 9.17) is 9.47 Å². The molecule has 1 saturated heterocycles. The third-order valence-corrected chi connectivity index (χ3v) is 4.48. The van der Waals surface area contributed by atoms with Crippen LogP contribution in [0, 0.1) is 13.8 Å². The van der Waals surface area contributed by atoms with Gasteiger partial charge in [0, 0.05) is 18.3 Å². The lowest BCUT2D eigenvalue weighted by Crippen LogP contribution is -2.45. The monoisotopic (exact) mass is 355 g/mol. The first kappa shape index (κ1) is 18.2. The summed E-state index contributed by atoms with van der Waals surface area (Å²) in [5.74, 6) is 2.20. The molecule has 1 aliphatic heterocycles.